The van der Waals surface area contributed by atoms with Crippen LogP contribution in [0.5, 0.6) is 0 Å². The van der Waals surface area contributed by atoms with Crippen molar-refractivity contribution >= 4 is 5.69 Å². The molecule has 0 spiro atoms. The Balaban J connectivity index is 2.19. The summed E-state index contributed by atoms with van der Waals surface area (Å²) in [4.78, 5) is 2.24. The van der Waals surface area contributed by atoms with E-state index in [-0.39, 0.29) is 5.82 Å². The highest BCUT2D eigenvalue weighted by molar-refractivity contribution is 5.54. The van der Waals surface area contributed by atoms with Crippen LogP contribution < -0.4 is 10.6 Å². The van der Waals surface area contributed by atoms with Crippen LogP contribution in [-0.2, 0) is 11.2 Å². The first-order chi connectivity index (χ1) is 8.72. The molecule has 2 rings (SSSR count). The molecule has 100 valence electrons. The van der Waals surface area contributed by atoms with Crippen molar-refractivity contribution in [2.24, 2.45) is 5.73 Å². The van der Waals surface area contributed by atoms with E-state index in [2.05, 4.69) is 11.9 Å². The van der Waals surface area contributed by atoms with Gasteiger partial charge in [-0.3, -0.25) is 0 Å². The van der Waals surface area contributed by atoms with Gasteiger partial charge in [-0.15, -0.1) is 0 Å². The molecular weight excluding hydrogens is 231 g/mol. The van der Waals surface area contributed by atoms with Crippen LogP contribution in [0.3, 0.4) is 0 Å². The maximum absolute atomic E-state index is 13.3. The molecule has 1 saturated heterocycles. The van der Waals surface area contributed by atoms with E-state index in [1.807, 2.05) is 6.07 Å². The molecule has 1 aromatic carbocycles. The summed E-state index contributed by atoms with van der Waals surface area (Å²) in [5.41, 5.74) is 7.68. The van der Waals surface area contributed by atoms with Crippen LogP contribution in [-0.4, -0.2) is 32.8 Å². The normalized spacial score (nSPS) is 16.8. The molecule has 18 heavy (non-hydrogen) atoms. The molecule has 4 heteroatoms. The molecule has 1 aliphatic heterocycles. The van der Waals surface area contributed by atoms with Gasteiger partial charge in [-0.1, -0.05) is 0 Å². The lowest BCUT2D eigenvalue weighted by Crippen LogP contribution is -2.37. The average Bonchev–Trinajstić information content (AvgIpc) is 2.40. The minimum absolute atomic E-state index is 0.192. The Morgan fingerprint density at radius 3 is 2.78 bits per heavy atom. The number of nitrogens with two attached hydrogens (primary N) is 1. The zero-order valence-electron chi connectivity index (χ0n) is 10.9. The third kappa shape index (κ3) is 3.00. The fourth-order valence-corrected chi connectivity index (χ4v) is 2.52. The van der Waals surface area contributed by atoms with Gasteiger partial charge < -0.3 is 15.4 Å². The third-order valence-electron chi connectivity index (χ3n) is 3.57. The first kappa shape index (κ1) is 13.3. The fourth-order valence-electron chi connectivity index (χ4n) is 2.52. The van der Waals surface area contributed by atoms with E-state index in [0.29, 0.717) is 19.0 Å². The molecule has 2 N–H and O–H groups in total. The van der Waals surface area contributed by atoms with Gasteiger partial charge in [0.05, 0.1) is 0 Å². The average molecular weight is 252 g/mol. The van der Waals surface area contributed by atoms with Gasteiger partial charge in [-0.25, -0.2) is 4.39 Å². The summed E-state index contributed by atoms with van der Waals surface area (Å²) >= 11 is 0. The van der Waals surface area contributed by atoms with Crippen LogP contribution in [0.4, 0.5) is 10.1 Å². The lowest BCUT2D eigenvalue weighted by Gasteiger charge is -2.34. The molecule has 0 atom stereocenters. The zero-order valence-corrected chi connectivity index (χ0v) is 10.9. The van der Waals surface area contributed by atoms with Gasteiger partial charge in [0.2, 0.25) is 0 Å². The minimum atomic E-state index is -0.192. The topological polar surface area (TPSA) is 38.5 Å². The van der Waals surface area contributed by atoms with E-state index in [0.717, 1.165) is 37.3 Å². The molecule has 0 radical (unpaired) electrons. The van der Waals surface area contributed by atoms with Crippen LogP contribution in [0.2, 0.25) is 0 Å². The van der Waals surface area contributed by atoms with Crippen molar-refractivity contribution in [2.45, 2.75) is 25.3 Å². The Hall–Kier alpha value is -1.13. The molecule has 0 bridgehead atoms. The lowest BCUT2D eigenvalue weighted by molar-refractivity contribution is 0.0854. The Morgan fingerprint density at radius 1 is 1.39 bits per heavy atom. The highest BCUT2D eigenvalue weighted by Gasteiger charge is 2.20. The number of rotatable bonds is 4. The maximum Gasteiger partial charge on any atom is 0.123 e. The highest BCUT2D eigenvalue weighted by atomic mass is 19.1. The molecule has 1 heterocycles. The summed E-state index contributed by atoms with van der Waals surface area (Å²) in [7, 11) is 2.07. The molecule has 1 fully saturated rings. The van der Waals surface area contributed by atoms with Crippen molar-refractivity contribution in [1.82, 2.24) is 0 Å². The Morgan fingerprint density at radius 2 is 2.11 bits per heavy atom. The van der Waals surface area contributed by atoms with E-state index in [1.165, 1.54) is 6.07 Å². The lowest BCUT2D eigenvalue weighted by atomic mass is 10.0. The first-order valence-corrected chi connectivity index (χ1v) is 6.51. The van der Waals surface area contributed by atoms with E-state index in [4.69, 9.17) is 10.5 Å². The van der Waals surface area contributed by atoms with Crippen molar-refractivity contribution in [2.75, 3.05) is 31.7 Å². The molecule has 0 amide bonds. The number of ether oxygens (including phenoxy) is 1. The van der Waals surface area contributed by atoms with Crippen LogP contribution in [0.1, 0.15) is 18.4 Å². The molecule has 1 aliphatic rings. The summed E-state index contributed by atoms with van der Waals surface area (Å²) in [5, 5.41) is 0. The molecule has 0 aromatic heterocycles. The number of benzene rings is 1. The van der Waals surface area contributed by atoms with Gasteiger partial charge in [0, 0.05) is 32.0 Å². The number of nitrogens with zero attached hydrogens (tertiary/aromatic N) is 1. The number of halogens is 1. The van der Waals surface area contributed by atoms with Gasteiger partial charge in [0.25, 0.3) is 0 Å². The SMILES string of the molecule is CN(c1ccc(F)cc1CCN)C1CCOCC1. The minimum Gasteiger partial charge on any atom is -0.381 e. The van der Waals surface area contributed by atoms with E-state index >= 15 is 0 Å². The van der Waals surface area contributed by atoms with Gasteiger partial charge in [0.15, 0.2) is 0 Å². The first-order valence-electron chi connectivity index (χ1n) is 6.51. The second-order valence-electron chi connectivity index (χ2n) is 4.77. The van der Waals surface area contributed by atoms with E-state index in [1.54, 1.807) is 6.07 Å². The Bertz CT molecular complexity index is 391. The zero-order chi connectivity index (χ0) is 13.0. The number of anilines is 1. The van der Waals surface area contributed by atoms with Gasteiger partial charge >= 0.3 is 0 Å². The van der Waals surface area contributed by atoms with Crippen LogP contribution in [0.25, 0.3) is 0 Å². The van der Waals surface area contributed by atoms with Gasteiger partial charge in [-0.2, -0.15) is 0 Å². The maximum atomic E-state index is 13.3. The molecule has 3 nitrogen and oxygen atoms in total. The van der Waals surface area contributed by atoms with Gasteiger partial charge in [0.1, 0.15) is 5.82 Å². The second-order valence-corrected chi connectivity index (χ2v) is 4.77. The summed E-state index contributed by atoms with van der Waals surface area (Å²) in [6.45, 7) is 2.16. The summed E-state index contributed by atoms with van der Waals surface area (Å²) in [6.07, 6.45) is 2.76. The predicted molar refractivity (Wildman–Crippen MR) is 71.4 cm³/mol. The molecule has 1 aromatic rings. The van der Waals surface area contributed by atoms with Crippen molar-refractivity contribution in [1.29, 1.82) is 0 Å². The molecule has 0 saturated carbocycles. The van der Waals surface area contributed by atoms with E-state index in [9.17, 15) is 4.39 Å². The highest BCUT2D eigenvalue weighted by Crippen LogP contribution is 2.26. The second kappa shape index (κ2) is 6.16. The number of hydrogen-bond donors (Lipinski definition) is 1. The third-order valence-corrected chi connectivity index (χ3v) is 3.57. The molecule has 0 aliphatic carbocycles. The van der Waals surface area contributed by atoms with Crippen LogP contribution in [0, 0.1) is 5.82 Å². The predicted octanol–water partition coefficient (Wildman–Crippen LogP) is 1.94. The van der Waals surface area contributed by atoms with Crippen LogP contribution in [0.15, 0.2) is 18.2 Å². The summed E-state index contributed by atoms with van der Waals surface area (Å²) in [5.74, 6) is -0.192. The van der Waals surface area contributed by atoms with Crippen molar-refractivity contribution < 1.29 is 9.13 Å². The van der Waals surface area contributed by atoms with Gasteiger partial charge in [-0.05, 0) is 49.6 Å². The monoisotopic (exact) mass is 252 g/mol. The van der Waals surface area contributed by atoms with Crippen molar-refractivity contribution in [3.63, 3.8) is 0 Å². The quantitative estimate of drug-likeness (QED) is 0.890. The smallest absolute Gasteiger partial charge is 0.123 e. The summed E-state index contributed by atoms with van der Waals surface area (Å²) < 4.78 is 18.7. The fraction of sp³-hybridized carbons (Fsp3) is 0.571. The Kier molecular flexibility index (Phi) is 4.55. The molecular formula is C14H21FN2O. The van der Waals surface area contributed by atoms with Crippen LogP contribution >= 0.6 is 0 Å². The number of hydrogen-bond acceptors (Lipinski definition) is 3. The van der Waals surface area contributed by atoms with E-state index < -0.39 is 0 Å². The summed E-state index contributed by atoms with van der Waals surface area (Å²) in [6, 6.07) is 5.44. The molecule has 0 unspecified atom stereocenters. The largest absolute Gasteiger partial charge is 0.381 e. The standard InChI is InChI=1S/C14H21FN2O/c1-17(13-5-8-18-9-6-13)14-3-2-12(15)10-11(14)4-7-16/h2-3,10,13H,4-9,16H2,1H3. The van der Waals surface area contributed by atoms with Crippen molar-refractivity contribution in [3.05, 3.63) is 29.6 Å². The van der Waals surface area contributed by atoms with Crippen molar-refractivity contribution in [3.8, 4) is 0 Å². The Labute approximate surface area is 108 Å².